The SMILES string of the molecule is CCOC1CC(CC(=O)NCC2CCC(C(=O)O)O2)C1. The number of carbonyl (C=O) groups is 2. The number of ether oxygens (including phenoxy) is 2. The highest BCUT2D eigenvalue weighted by Crippen LogP contribution is 2.32. The molecule has 1 heterocycles. The molecule has 1 saturated heterocycles. The molecule has 2 N–H and O–H groups in total. The zero-order chi connectivity index (χ0) is 14.5. The van der Waals surface area contributed by atoms with Crippen LogP contribution in [0.3, 0.4) is 0 Å². The summed E-state index contributed by atoms with van der Waals surface area (Å²) in [5, 5.41) is 11.6. The molecule has 0 aromatic carbocycles. The van der Waals surface area contributed by atoms with Gasteiger partial charge in [-0.05, 0) is 38.5 Å². The van der Waals surface area contributed by atoms with Gasteiger partial charge in [0.2, 0.25) is 5.91 Å². The second kappa shape index (κ2) is 7.04. The maximum atomic E-state index is 11.8. The Labute approximate surface area is 118 Å². The molecule has 2 aliphatic rings. The molecule has 0 spiro atoms. The highest BCUT2D eigenvalue weighted by Gasteiger charge is 2.32. The second-order valence-electron chi connectivity index (χ2n) is 5.59. The number of nitrogens with one attached hydrogen (secondary N) is 1. The predicted molar refractivity (Wildman–Crippen MR) is 71.3 cm³/mol. The van der Waals surface area contributed by atoms with Crippen LogP contribution in [-0.2, 0) is 19.1 Å². The molecule has 2 atom stereocenters. The summed E-state index contributed by atoms with van der Waals surface area (Å²) in [7, 11) is 0. The minimum absolute atomic E-state index is 0.0207. The molecule has 0 bridgehead atoms. The monoisotopic (exact) mass is 285 g/mol. The fourth-order valence-corrected chi connectivity index (χ4v) is 2.81. The van der Waals surface area contributed by atoms with Crippen molar-refractivity contribution in [2.75, 3.05) is 13.2 Å². The first-order chi connectivity index (χ1) is 9.58. The predicted octanol–water partition coefficient (Wildman–Crippen LogP) is 0.940. The minimum atomic E-state index is -0.921. The number of hydrogen-bond acceptors (Lipinski definition) is 4. The van der Waals surface area contributed by atoms with Gasteiger partial charge >= 0.3 is 5.97 Å². The van der Waals surface area contributed by atoms with Crippen molar-refractivity contribution in [3.63, 3.8) is 0 Å². The highest BCUT2D eigenvalue weighted by atomic mass is 16.5. The van der Waals surface area contributed by atoms with Crippen molar-refractivity contribution < 1.29 is 24.2 Å². The van der Waals surface area contributed by atoms with Crippen LogP contribution in [0, 0.1) is 5.92 Å². The van der Waals surface area contributed by atoms with Crippen LogP contribution in [0.25, 0.3) is 0 Å². The van der Waals surface area contributed by atoms with Crippen molar-refractivity contribution >= 4 is 11.9 Å². The third kappa shape index (κ3) is 4.18. The van der Waals surface area contributed by atoms with Crippen LogP contribution in [-0.4, -0.2) is 48.4 Å². The van der Waals surface area contributed by atoms with Crippen LogP contribution in [0.5, 0.6) is 0 Å². The molecule has 2 rings (SSSR count). The number of aliphatic carboxylic acids is 1. The number of hydrogen-bond donors (Lipinski definition) is 2. The van der Waals surface area contributed by atoms with Crippen molar-refractivity contribution in [3.05, 3.63) is 0 Å². The molecule has 2 fully saturated rings. The quantitative estimate of drug-likeness (QED) is 0.727. The van der Waals surface area contributed by atoms with E-state index in [4.69, 9.17) is 14.6 Å². The Kier molecular flexibility index (Phi) is 5.37. The molecule has 2 unspecified atom stereocenters. The van der Waals surface area contributed by atoms with E-state index in [0.29, 0.717) is 37.8 Å². The lowest BCUT2D eigenvalue weighted by atomic mass is 9.80. The number of rotatable bonds is 7. The van der Waals surface area contributed by atoms with E-state index in [1.165, 1.54) is 0 Å². The molecule has 114 valence electrons. The van der Waals surface area contributed by atoms with Gasteiger partial charge in [-0.25, -0.2) is 4.79 Å². The zero-order valence-corrected chi connectivity index (χ0v) is 11.8. The van der Waals surface area contributed by atoms with Gasteiger partial charge in [0.15, 0.2) is 6.10 Å². The average Bonchev–Trinajstić information content (AvgIpc) is 2.83. The minimum Gasteiger partial charge on any atom is -0.479 e. The Morgan fingerprint density at radius 2 is 2.10 bits per heavy atom. The first kappa shape index (κ1) is 15.3. The molecular weight excluding hydrogens is 262 g/mol. The Morgan fingerprint density at radius 3 is 2.70 bits per heavy atom. The maximum Gasteiger partial charge on any atom is 0.332 e. The van der Waals surface area contributed by atoms with Crippen LogP contribution < -0.4 is 5.32 Å². The summed E-state index contributed by atoms with van der Waals surface area (Å²) in [4.78, 5) is 22.5. The lowest BCUT2D eigenvalue weighted by Gasteiger charge is -2.34. The molecule has 0 aromatic rings. The standard InChI is InChI=1S/C14H23NO5/c1-2-19-11-5-9(6-11)7-13(16)15-8-10-3-4-12(20-10)14(17)18/h9-12H,2-8H2,1H3,(H,15,16)(H,17,18). The van der Waals surface area contributed by atoms with Crippen LogP contribution in [0.4, 0.5) is 0 Å². The average molecular weight is 285 g/mol. The van der Waals surface area contributed by atoms with Gasteiger partial charge in [0, 0.05) is 19.6 Å². The van der Waals surface area contributed by atoms with Crippen molar-refractivity contribution in [1.82, 2.24) is 5.32 Å². The number of carbonyl (C=O) groups excluding carboxylic acids is 1. The lowest BCUT2D eigenvalue weighted by molar-refractivity contribution is -0.149. The molecule has 1 amide bonds. The van der Waals surface area contributed by atoms with Gasteiger partial charge in [0.1, 0.15) is 0 Å². The highest BCUT2D eigenvalue weighted by molar-refractivity contribution is 5.76. The Hall–Kier alpha value is -1.14. The topological polar surface area (TPSA) is 84.9 Å². The fraction of sp³-hybridized carbons (Fsp3) is 0.857. The van der Waals surface area contributed by atoms with Crippen molar-refractivity contribution in [2.45, 2.75) is 57.3 Å². The van der Waals surface area contributed by atoms with Gasteiger partial charge in [-0.2, -0.15) is 0 Å². The van der Waals surface area contributed by atoms with Gasteiger partial charge < -0.3 is 19.9 Å². The number of carboxylic acids is 1. The summed E-state index contributed by atoms with van der Waals surface area (Å²) < 4.78 is 10.8. The van der Waals surface area contributed by atoms with Gasteiger partial charge in [0.05, 0.1) is 12.2 Å². The van der Waals surface area contributed by atoms with E-state index in [1.807, 2.05) is 6.92 Å². The summed E-state index contributed by atoms with van der Waals surface area (Å²) in [6, 6.07) is 0. The number of carboxylic acid groups (broad SMARTS) is 1. The maximum absolute atomic E-state index is 11.8. The van der Waals surface area contributed by atoms with E-state index in [9.17, 15) is 9.59 Å². The molecule has 0 radical (unpaired) electrons. The van der Waals surface area contributed by atoms with Crippen LogP contribution >= 0.6 is 0 Å². The van der Waals surface area contributed by atoms with Crippen molar-refractivity contribution in [1.29, 1.82) is 0 Å². The molecule has 1 aliphatic carbocycles. The van der Waals surface area contributed by atoms with E-state index < -0.39 is 12.1 Å². The lowest BCUT2D eigenvalue weighted by Crippen LogP contribution is -2.38. The van der Waals surface area contributed by atoms with E-state index in [2.05, 4.69) is 5.32 Å². The summed E-state index contributed by atoms with van der Waals surface area (Å²) in [5.41, 5.74) is 0. The van der Waals surface area contributed by atoms with E-state index >= 15 is 0 Å². The summed E-state index contributed by atoms with van der Waals surface area (Å²) in [6.45, 7) is 3.11. The molecule has 20 heavy (non-hydrogen) atoms. The summed E-state index contributed by atoms with van der Waals surface area (Å²) in [5.74, 6) is -0.481. The summed E-state index contributed by atoms with van der Waals surface area (Å²) in [6.07, 6.45) is 3.10. The van der Waals surface area contributed by atoms with Gasteiger partial charge in [-0.3, -0.25) is 4.79 Å². The normalized spacial score (nSPS) is 32.6. The second-order valence-corrected chi connectivity index (χ2v) is 5.59. The molecule has 6 heteroatoms. The third-order valence-electron chi connectivity index (χ3n) is 3.98. The Bertz CT molecular complexity index is 353. The van der Waals surface area contributed by atoms with Crippen LogP contribution in [0.2, 0.25) is 0 Å². The molecule has 0 aromatic heterocycles. The van der Waals surface area contributed by atoms with Crippen LogP contribution in [0.1, 0.15) is 39.0 Å². The molecule has 6 nitrogen and oxygen atoms in total. The van der Waals surface area contributed by atoms with Crippen molar-refractivity contribution in [2.24, 2.45) is 5.92 Å². The van der Waals surface area contributed by atoms with E-state index in [0.717, 1.165) is 19.4 Å². The first-order valence-electron chi connectivity index (χ1n) is 7.35. The zero-order valence-electron chi connectivity index (χ0n) is 11.8. The molecular formula is C14H23NO5. The largest absolute Gasteiger partial charge is 0.479 e. The van der Waals surface area contributed by atoms with Crippen LogP contribution in [0.15, 0.2) is 0 Å². The summed E-state index contributed by atoms with van der Waals surface area (Å²) >= 11 is 0. The van der Waals surface area contributed by atoms with E-state index in [-0.39, 0.29) is 12.0 Å². The molecule has 1 aliphatic heterocycles. The fourth-order valence-electron chi connectivity index (χ4n) is 2.81. The van der Waals surface area contributed by atoms with Crippen molar-refractivity contribution in [3.8, 4) is 0 Å². The first-order valence-corrected chi connectivity index (χ1v) is 7.35. The Balaban J connectivity index is 1.56. The van der Waals surface area contributed by atoms with Gasteiger partial charge in [0.25, 0.3) is 0 Å². The Morgan fingerprint density at radius 1 is 1.35 bits per heavy atom. The smallest absolute Gasteiger partial charge is 0.332 e. The van der Waals surface area contributed by atoms with Gasteiger partial charge in [-0.15, -0.1) is 0 Å². The molecule has 1 saturated carbocycles. The van der Waals surface area contributed by atoms with E-state index in [1.54, 1.807) is 0 Å². The third-order valence-corrected chi connectivity index (χ3v) is 3.98. The van der Waals surface area contributed by atoms with Gasteiger partial charge in [-0.1, -0.05) is 0 Å². The number of amides is 1.